The lowest BCUT2D eigenvalue weighted by molar-refractivity contribution is -0.144. The molecule has 0 bridgehead atoms. The lowest BCUT2D eigenvalue weighted by atomic mass is 10.2. The van der Waals surface area contributed by atoms with Crippen molar-refractivity contribution in [1.29, 1.82) is 0 Å². The summed E-state index contributed by atoms with van der Waals surface area (Å²) in [5.41, 5.74) is 9.15. The van der Waals surface area contributed by atoms with E-state index in [0.29, 0.717) is 6.61 Å². The number of carbonyl (C=O) groups is 1. The fourth-order valence-electron chi connectivity index (χ4n) is 2.68. The van der Waals surface area contributed by atoms with Crippen molar-refractivity contribution >= 4 is 5.97 Å². The Kier molecular flexibility index (Phi) is 4.77. The van der Waals surface area contributed by atoms with Crippen LogP contribution in [0.1, 0.15) is 30.3 Å². The largest absolute Gasteiger partial charge is 0.465 e. The van der Waals surface area contributed by atoms with E-state index in [1.165, 1.54) is 5.56 Å². The van der Waals surface area contributed by atoms with Crippen molar-refractivity contribution in [2.45, 2.75) is 46.3 Å². The average molecular weight is 280 g/mol. The molecule has 1 atom stereocenters. The van der Waals surface area contributed by atoms with E-state index in [4.69, 9.17) is 10.5 Å². The van der Waals surface area contributed by atoms with Gasteiger partial charge in [0.1, 0.15) is 6.54 Å². The van der Waals surface area contributed by atoms with E-state index < -0.39 is 0 Å². The minimum atomic E-state index is -0.243. The predicted molar refractivity (Wildman–Crippen MR) is 76.2 cm³/mol. The zero-order valence-corrected chi connectivity index (χ0v) is 12.6. The summed E-state index contributed by atoms with van der Waals surface area (Å²) in [4.78, 5) is 13.9. The number of ether oxygens (including phenoxy) is 1. The molecule has 0 unspecified atom stereocenters. The molecule has 1 aromatic heterocycles. The third-order valence-electron chi connectivity index (χ3n) is 3.81. The molecule has 6 heteroatoms. The Balaban J connectivity index is 2.06. The molecule has 0 spiro atoms. The molecule has 0 amide bonds. The number of hydrogen-bond donors (Lipinski definition) is 1. The molecule has 0 aromatic carbocycles. The van der Waals surface area contributed by atoms with Gasteiger partial charge in [-0.2, -0.15) is 5.10 Å². The highest BCUT2D eigenvalue weighted by molar-refractivity contribution is 5.69. The van der Waals surface area contributed by atoms with Crippen LogP contribution in [0.25, 0.3) is 0 Å². The predicted octanol–water partition coefficient (Wildman–Crippen LogP) is 0.596. The Labute approximate surface area is 119 Å². The van der Waals surface area contributed by atoms with Crippen molar-refractivity contribution in [3.63, 3.8) is 0 Å². The highest BCUT2D eigenvalue weighted by Gasteiger charge is 2.22. The highest BCUT2D eigenvalue weighted by Crippen LogP contribution is 2.18. The molecule has 1 saturated heterocycles. The SMILES string of the molecule is CCOC(=O)Cn1nc(C)c(CN2CC[C@@H](N)C2)c1C. The molecule has 112 valence electrons. The van der Waals surface area contributed by atoms with Crippen molar-refractivity contribution in [2.75, 3.05) is 19.7 Å². The van der Waals surface area contributed by atoms with E-state index in [1.54, 1.807) is 11.6 Å². The van der Waals surface area contributed by atoms with E-state index in [-0.39, 0.29) is 18.6 Å². The third kappa shape index (κ3) is 3.37. The maximum Gasteiger partial charge on any atom is 0.327 e. The van der Waals surface area contributed by atoms with Gasteiger partial charge in [0.15, 0.2) is 0 Å². The minimum absolute atomic E-state index is 0.181. The summed E-state index contributed by atoms with van der Waals surface area (Å²) in [6.07, 6.45) is 1.05. The first-order valence-electron chi connectivity index (χ1n) is 7.17. The van der Waals surface area contributed by atoms with Crippen LogP contribution in [0, 0.1) is 13.8 Å². The fraction of sp³-hybridized carbons (Fsp3) is 0.714. The summed E-state index contributed by atoms with van der Waals surface area (Å²) >= 11 is 0. The lowest BCUT2D eigenvalue weighted by Crippen LogP contribution is -2.26. The maximum absolute atomic E-state index is 11.6. The number of esters is 1. The number of aryl methyl sites for hydroxylation is 1. The van der Waals surface area contributed by atoms with Gasteiger partial charge in [0.2, 0.25) is 0 Å². The van der Waals surface area contributed by atoms with Crippen LogP contribution >= 0.6 is 0 Å². The van der Waals surface area contributed by atoms with Gasteiger partial charge in [-0.3, -0.25) is 14.4 Å². The molecule has 1 aliphatic heterocycles. The average Bonchev–Trinajstić information content (AvgIpc) is 2.89. The van der Waals surface area contributed by atoms with E-state index in [0.717, 1.165) is 37.4 Å². The summed E-state index contributed by atoms with van der Waals surface area (Å²) in [7, 11) is 0. The number of aromatic nitrogens is 2. The van der Waals surface area contributed by atoms with Crippen molar-refractivity contribution in [1.82, 2.24) is 14.7 Å². The number of nitrogens with two attached hydrogens (primary N) is 1. The summed E-state index contributed by atoms with van der Waals surface area (Å²) in [6, 6.07) is 0.283. The lowest BCUT2D eigenvalue weighted by Gasteiger charge is -2.15. The summed E-state index contributed by atoms with van der Waals surface area (Å²) in [5.74, 6) is -0.243. The second kappa shape index (κ2) is 6.37. The van der Waals surface area contributed by atoms with E-state index >= 15 is 0 Å². The molecule has 0 aliphatic carbocycles. The second-order valence-corrected chi connectivity index (χ2v) is 5.40. The van der Waals surface area contributed by atoms with Crippen LogP contribution in [0.15, 0.2) is 0 Å². The van der Waals surface area contributed by atoms with Crippen LogP contribution < -0.4 is 5.73 Å². The first kappa shape index (κ1) is 15.0. The number of hydrogen-bond acceptors (Lipinski definition) is 5. The van der Waals surface area contributed by atoms with Crippen LogP contribution in [0.2, 0.25) is 0 Å². The van der Waals surface area contributed by atoms with Crippen molar-refractivity contribution in [3.8, 4) is 0 Å². The fourth-order valence-corrected chi connectivity index (χ4v) is 2.68. The Bertz CT molecular complexity index is 484. The number of carbonyl (C=O) groups excluding carboxylic acids is 1. The maximum atomic E-state index is 11.6. The molecule has 20 heavy (non-hydrogen) atoms. The van der Waals surface area contributed by atoms with E-state index in [1.807, 2.05) is 13.8 Å². The molecule has 1 aromatic rings. The zero-order chi connectivity index (χ0) is 14.7. The van der Waals surface area contributed by atoms with Gasteiger partial charge in [-0.15, -0.1) is 0 Å². The Hall–Kier alpha value is -1.40. The van der Waals surface area contributed by atoms with Crippen LogP contribution in [-0.2, 0) is 22.6 Å². The van der Waals surface area contributed by atoms with E-state index in [2.05, 4.69) is 10.00 Å². The van der Waals surface area contributed by atoms with Gasteiger partial charge < -0.3 is 10.5 Å². The summed E-state index contributed by atoms with van der Waals surface area (Å²) < 4.78 is 6.71. The van der Waals surface area contributed by atoms with Gasteiger partial charge in [-0.05, 0) is 27.2 Å². The van der Waals surface area contributed by atoms with Crippen LogP contribution in [-0.4, -0.2) is 46.4 Å². The molecular formula is C14H24N4O2. The van der Waals surface area contributed by atoms with Crippen molar-refractivity contribution in [2.24, 2.45) is 5.73 Å². The number of rotatable bonds is 5. The van der Waals surface area contributed by atoms with Gasteiger partial charge in [-0.1, -0.05) is 0 Å². The van der Waals surface area contributed by atoms with Gasteiger partial charge in [-0.25, -0.2) is 0 Å². The van der Waals surface area contributed by atoms with Crippen molar-refractivity contribution in [3.05, 3.63) is 17.0 Å². The first-order chi connectivity index (χ1) is 9.51. The van der Waals surface area contributed by atoms with Crippen LogP contribution in [0.5, 0.6) is 0 Å². The number of likely N-dealkylation sites (tertiary alicyclic amines) is 1. The first-order valence-corrected chi connectivity index (χ1v) is 7.17. The molecule has 2 heterocycles. The normalized spacial score (nSPS) is 19.5. The Morgan fingerprint density at radius 3 is 2.85 bits per heavy atom. The molecular weight excluding hydrogens is 256 g/mol. The Morgan fingerprint density at radius 2 is 2.25 bits per heavy atom. The van der Waals surface area contributed by atoms with Gasteiger partial charge in [0.05, 0.1) is 12.3 Å². The highest BCUT2D eigenvalue weighted by atomic mass is 16.5. The number of nitrogens with zero attached hydrogens (tertiary/aromatic N) is 3. The molecule has 6 nitrogen and oxygen atoms in total. The third-order valence-corrected chi connectivity index (χ3v) is 3.81. The molecule has 2 N–H and O–H groups in total. The van der Waals surface area contributed by atoms with Crippen molar-refractivity contribution < 1.29 is 9.53 Å². The second-order valence-electron chi connectivity index (χ2n) is 5.40. The zero-order valence-electron chi connectivity index (χ0n) is 12.6. The van der Waals surface area contributed by atoms with Gasteiger partial charge >= 0.3 is 5.97 Å². The molecule has 0 radical (unpaired) electrons. The summed E-state index contributed by atoms with van der Waals surface area (Å²) in [6.45, 7) is 9.20. The molecule has 0 saturated carbocycles. The summed E-state index contributed by atoms with van der Waals surface area (Å²) in [5, 5.41) is 4.45. The molecule has 1 fully saturated rings. The van der Waals surface area contributed by atoms with Crippen LogP contribution in [0.3, 0.4) is 0 Å². The molecule has 2 rings (SSSR count). The monoisotopic (exact) mass is 280 g/mol. The molecule has 1 aliphatic rings. The minimum Gasteiger partial charge on any atom is -0.465 e. The van der Waals surface area contributed by atoms with Gasteiger partial charge in [0, 0.05) is 36.9 Å². The standard InChI is InChI=1S/C14H24N4O2/c1-4-20-14(19)9-18-11(3)13(10(2)16-18)8-17-6-5-12(15)7-17/h12H,4-9,15H2,1-3H3/t12-/m1/s1. The van der Waals surface area contributed by atoms with Crippen LogP contribution in [0.4, 0.5) is 0 Å². The topological polar surface area (TPSA) is 73.4 Å². The Morgan fingerprint density at radius 1 is 1.50 bits per heavy atom. The smallest absolute Gasteiger partial charge is 0.327 e. The van der Waals surface area contributed by atoms with E-state index in [9.17, 15) is 4.79 Å². The van der Waals surface area contributed by atoms with Gasteiger partial charge in [0.25, 0.3) is 0 Å². The quantitative estimate of drug-likeness (QED) is 0.799.